The fourth-order valence-electron chi connectivity index (χ4n) is 2.04. The van der Waals surface area contributed by atoms with Crippen molar-refractivity contribution >= 4 is 10.0 Å². The number of sulfonamides is 1. The van der Waals surface area contributed by atoms with Crippen molar-refractivity contribution in [3.63, 3.8) is 0 Å². The Hall–Kier alpha value is -1.85. The average molecular weight is 319 g/mol. The quantitative estimate of drug-likeness (QED) is 0.812. The van der Waals surface area contributed by atoms with Crippen molar-refractivity contribution < 1.29 is 13.2 Å². The van der Waals surface area contributed by atoms with E-state index in [-0.39, 0.29) is 5.75 Å². The molecule has 4 nitrogen and oxygen atoms in total. The van der Waals surface area contributed by atoms with Gasteiger partial charge in [0.15, 0.2) is 0 Å². The Morgan fingerprint density at radius 3 is 2.23 bits per heavy atom. The molecule has 0 bridgehead atoms. The van der Waals surface area contributed by atoms with Crippen LogP contribution >= 0.6 is 0 Å². The first-order chi connectivity index (χ1) is 10.6. The number of hydrogen-bond donors (Lipinski definition) is 1. The van der Waals surface area contributed by atoms with Crippen molar-refractivity contribution in [1.82, 2.24) is 4.72 Å². The van der Waals surface area contributed by atoms with Gasteiger partial charge in [-0.25, -0.2) is 13.1 Å². The van der Waals surface area contributed by atoms with E-state index in [1.807, 2.05) is 61.5 Å². The highest BCUT2D eigenvalue weighted by Crippen LogP contribution is 2.21. The van der Waals surface area contributed by atoms with Crippen LogP contribution in [-0.4, -0.2) is 20.7 Å². The van der Waals surface area contributed by atoms with Gasteiger partial charge in [0, 0.05) is 6.54 Å². The number of ether oxygens (including phenoxy) is 1. The summed E-state index contributed by atoms with van der Waals surface area (Å²) < 4.78 is 31.4. The third-order valence-corrected chi connectivity index (χ3v) is 4.70. The molecule has 0 amide bonds. The highest BCUT2D eigenvalue weighted by Gasteiger charge is 2.07. The third kappa shape index (κ3) is 5.50. The third-order valence-electron chi connectivity index (χ3n) is 3.11. The van der Waals surface area contributed by atoms with Gasteiger partial charge < -0.3 is 4.74 Å². The molecule has 2 aromatic rings. The van der Waals surface area contributed by atoms with Crippen LogP contribution in [-0.2, 0) is 16.4 Å². The minimum atomic E-state index is -3.13. The molecule has 22 heavy (non-hydrogen) atoms. The smallest absolute Gasteiger partial charge is 0.211 e. The number of rotatable bonds is 8. The number of para-hydroxylation sites is 1. The van der Waals surface area contributed by atoms with Gasteiger partial charge in [-0.1, -0.05) is 37.3 Å². The molecule has 2 aromatic carbocycles. The minimum Gasteiger partial charge on any atom is -0.457 e. The predicted molar refractivity (Wildman–Crippen MR) is 88.7 cm³/mol. The van der Waals surface area contributed by atoms with E-state index in [1.165, 1.54) is 0 Å². The van der Waals surface area contributed by atoms with Gasteiger partial charge in [-0.2, -0.15) is 0 Å². The average Bonchev–Trinajstić information content (AvgIpc) is 2.50. The monoisotopic (exact) mass is 319 g/mol. The van der Waals surface area contributed by atoms with Gasteiger partial charge in [0.25, 0.3) is 0 Å². The molecule has 0 fully saturated rings. The van der Waals surface area contributed by atoms with Gasteiger partial charge in [0.2, 0.25) is 10.0 Å². The molecule has 0 atom stereocenters. The first-order valence-corrected chi connectivity index (χ1v) is 9.03. The molecule has 0 aliphatic rings. The summed E-state index contributed by atoms with van der Waals surface area (Å²) in [6, 6.07) is 17.3. The Balaban J connectivity index is 1.84. The molecule has 1 N–H and O–H groups in total. The van der Waals surface area contributed by atoms with Crippen LogP contribution in [0.25, 0.3) is 0 Å². The van der Waals surface area contributed by atoms with E-state index < -0.39 is 10.0 Å². The maximum Gasteiger partial charge on any atom is 0.211 e. The van der Waals surface area contributed by atoms with Gasteiger partial charge in [-0.3, -0.25) is 0 Å². The Labute approximate surface area is 132 Å². The Morgan fingerprint density at radius 2 is 1.59 bits per heavy atom. The SMILES string of the molecule is CCCS(=O)(=O)NCCc1ccc(Oc2ccccc2)cc1. The molecular formula is C17H21NO3S. The van der Waals surface area contributed by atoms with E-state index in [1.54, 1.807) is 0 Å². The molecule has 0 radical (unpaired) electrons. The van der Waals surface area contributed by atoms with Crippen LogP contribution in [0.3, 0.4) is 0 Å². The Bertz CT molecular complexity index is 667. The lowest BCUT2D eigenvalue weighted by Gasteiger charge is -2.08. The van der Waals surface area contributed by atoms with Crippen molar-refractivity contribution in [2.24, 2.45) is 0 Å². The van der Waals surface area contributed by atoms with E-state index >= 15 is 0 Å². The normalized spacial score (nSPS) is 11.3. The van der Waals surface area contributed by atoms with Gasteiger partial charge in [0.1, 0.15) is 11.5 Å². The molecule has 118 valence electrons. The first kappa shape index (κ1) is 16.5. The van der Waals surface area contributed by atoms with Gasteiger partial charge in [0.05, 0.1) is 5.75 Å². The van der Waals surface area contributed by atoms with Crippen molar-refractivity contribution in [1.29, 1.82) is 0 Å². The van der Waals surface area contributed by atoms with E-state index in [4.69, 9.17) is 4.74 Å². The fourth-order valence-corrected chi connectivity index (χ4v) is 3.14. The maximum atomic E-state index is 11.5. The topological polar surface area (TPSA) is 55.4 Å². The lowest BCUT2D eigenvalue weighted by atomic mass is 10.1. The standard InChI is InChI=1S/C17H21NO3S/c1-2-14-22(19,20)18-13-12-15-8-10-17(11-9-15)21-16-6-4-3-5-7-16/h3-11,18H,2,12-14H2,1H3. The van der Waals surface area contributed by atoms with Crippen molar-refractivity contribution in [2.75, 3.05) is 12.3 Å². The lowest BCUT2D eigenvalue weighted by molar-refractivity contribution is 0.482. The van der Waals surface area contributed by atoms with Gasteiger partial charge in [-0.05, 0) is 42.7 Å². The van der Waals surface area contributed by atoms with Crippen LogP contribution < -0.4 is 9.46 Å². The predicted octanol–water partition coefficient (Wildman–Crippen LogP) is 3.35. The summed E-state index contributed by atoms with van der Waals surface area (Å²) in [7, 11) is -3.13. The molecule has 0 unspecified atom stereocenters. The van der Waals surface area contributed by atoms with Crippen molar-refractivity contribution in [3.8, 4) is 11.5 Å². The number of benzene rings is 2. The maximum absolute atomic E-state index is 11.5. The summed E-state index contributed by atoms with van der Waals surface area (Å²) in [6.07, 6.45) is 1.29. The molecular weight excluding hydrogens is 298 g/mol. The van der Waals surface area contributed by atoms with Crippen LogP contribution in [0.2, 0.25) is 0 Å². The largest absolute Gasteiger partial charge is 0.457 e. The second-order valence-corrected chi connectivity index (χ2v) is 6.95. The van der Waals surface area contributed by atoms with Crippen LogP contribution in [0, 0.1) is 0 Å². The zero-order chi connectivity index (χ0) is 15.8. The highest BCUT2D eigenvalue weighted by atomic mass is 32.2. The molecule has 0 saturated heterocycles. The fraction of sp³-hybridized carbons (Fsp3) is 0.294. The Kier molecular flexibility index (Phi) is 5.98. The van der Waals surface area contributed by atoms with E-state index in [0.29, 0.717) is 19.4 Å². The summed E-state index contributed by atoms with van der Waals surface area (Å²) in [5.41, 5.74) is 1.07. The Morgan fingerprint density at radius 1 is 0.955 bits per heavy atom. The second-order valence-electron chi connectivity index (χ2n) is 5.02. The van der Waals surface area contributed by atoms with Crippen LogP contribution in [0.5, 0.6) is 11.5 Å². The van der Waals surface area contributed by atoms with Crippen LogP contribution in [0.15, 0.2) is 54.6 Å². The van der Waals surface area contributed by atoms with Crippen molar-refractivity contribution in [2.45, 2.75) is 19.8 Å². The second kappa shape index (κ2) is 7.96. The molecule has 0 spiro atoms. The molecule has 2 rings (SSSR count). The summed E-state index contributed by atoms with van der Waals surface area (Å²) in [5, 5.41) is 0. The summed E-state index contributed by atoms with van der Waals surface area (Å²) in [4.78, 5) is 0. The molecule has 0 aliphatic carbocycles. The van der Waals surface area contributed by atoms with E-state index in [2.05, 4.69) is 4.72 Å². The summed E-state index contributed by atoms with van der Waals surface area (Å²) >= 11 is 0. The van der Waals surface area contributed by atoms with Crippen LogP contribution in [0.1, 0.15) is 18.9 Å². The molecule has 0 aromatic heterocycles. The van der Waals surface area contributed by atoms with Crippen molar-refractivity contribution in [3.05, 3.63) is 60.2 Å². The number of hydrogen-bond acceptors (Lipinski definition) is 3. The minimum absolute atomic E-state index is 0.177. The number of nitrogens with one attached hydrogen (secondary N) is 1. The molecule has 0 saturated carbocycles. The zero-order valence-electron chi connectivity index (χ0n) is 12.7. The molecule has 5 heteroatoms. The van der Waals surface area contributed by atoms with E-state index in [0.717, 1.165) is 17.1 Å². The summed E-state index contributed by atoms with van der Waals surface area (Å²) in [6.45, 7) is 2.27. The van der Waals surface area contributed by atoms with E-state index in [9.17, 15) is 8.42 Å². The summed E-state index contributed by atoms with van der Waals surface area (Å²) in [5.74, 6) is 1.74. The van der Waals surface area contributed by atoms with Gasteiger partial charge >= 0.3 is 0 Å². The zero-order valence-corrected chi connectivity index (χ0v) is 13.5. The first-order valence-electron chi connectivity index (χ1n) is 7.38. The highest BCUT2D eigenvalue weighted by molar-refractivity contribution is 7.89. The molecule has 0 heterocycles. The molecule has 0 aliphatic heterocycles. The van der Waals surface area contributed by atoms with Crippen LogP contribution in [0.4, 0.5) is 0 Å². The lowest BCUT2D eigenvalue weighted by Crippen LogP contribution is -2.28. The van der Waals surface area contributed by atoms with Gasteiger partial charge in [-0.15, -0.1) is 0 Å².